The predicted molar refractivity (Wildman–Crippen MR) is 20.2 cm³/mol. The molecular formula is C4H6O2. The first-order chi connectivity index (χ1) is 2.63. The van der Waals surface area contributed by atoms with Gasteiger partial charge in [-0.3, -0.25) is 4.79 Å². The summed E-state index contributed by atoms with van der Waals surface area (Å²) in [7, 11) is 0. The lowest BCUT2D eigenvalue weighted by Crippen LogP contribution is -2.00. The molecule has 0 aromatic heterocycles. The van der Waals surface area contributed by atoms with E-state index in [0.717, 1.165) is 0 Å². The third-order valence-corrected chi connectivity index (χ3v) is 0.980. The molecule has 6 heavy (non-hydrogen) atoms. The second kappa shape index (κ2) is 0.658. The Kier molecular flexibility index (Phi) is 0.417. The van der Waals surface area contributed by atoms with Crippen molar-refractivity contribution in [2.24, 2.45) is 0 Å². The number of Topliss-reactive ketones (excluding diaryl/α,β-unsaturated/α-hetero) is 1. The average molecular weight is 86.1 g/mol. The molecule has 0 unspecified atom stereocenters. The van der Waals surface area contributed by atoms with Gasteiger partial charge in [0.1, 0.15) is 5.60 Å². The topological polar surface area (TPSA) is 37.3 Å². The zero-order valence-electron chi connectivity index (χ0n) is 3.56. The molecule has 2 heteroatoms. The van der Waals surface area contributed by atoms with Crippen LogP contribution in [0.3, 0.4) is 0 Å². The van der Waals surface area contributed by atoms with Crippen LogP contribution in [0.5, 0.6) is 0 Å². The molecule has 0 aliphatic heterocycles. The Balaban J connectivity index is 2.63. The van der Waals surface area contributed by atoms with Crippen LogP contribution in [0, 0.1) is 0 Å². The fourth-order valence-corrected chi connectivity index (χ4v) is 0.268. The van der Waals surface area contributed by atoms with Gasteiger partial charge in [-0.2, -0.15) is 0 Å². The van der Waals surface area contributed by atoms with Crippen LogP contribution in [0.1, 0.15) is 13.3 Å². The maximum Gasteiger partial charge on any atom is 0.167 e. The van der Waals surface area contributed by atoms with E-state index >= 15 is 0 Å². The van der Waals surface area contributed by atoms with Crippen LogP contribution in [0.15, 0.2) is 0 Å². The molecule has 0 aromatic carbocycles. The third-order valence-electron chi connectivity index (χ3n) is 0.980. The number of aliphatic hydroxyl groups is 1. The Labute approximate surface area is 35.8 Å². The molecule has 1 fully saturated rings. The van der Waals surface area contributed by atoms with Gasteiger partial charge < -0.3 is 5.11 Å². The van der Waals surface area contributed by atoms with Crippen molar-refractivity contribution in [1.29, 1.82) is 0 Å². The second-order valence-corrected chi connectivity index (χ2v) is 1.87. The summed E-state index contributed by atoms with van der Waals surface area (Å²) in [5.74, 6) is -0.0394. The second-order valence-electron chi connectivity index (χ2n) is 1.87. The van der Waals surface area contributed by atoms with Crippen LogP contribution in [-0.2, 0) is 4.79 Å². The van der Waals surface area contributed by atoms with Crippen LogP contribution >= 0.6 is 0 Å². The minimum Gasteiger partial charge on any atom is -0.382 e. The van der Waals surface area contributed by atoms with E-state index in [9.17, 15) is 4.79 Å². The first-order valence-corrected chi connectivity index (χ1v) is 1.88. The molecule has 0 aromatic rings. The molecule has 1 rings (SSSR count). The van der Waals surface area contributed by atoms with E-state index in [1.807, 2.05) is 0 Å². The van der Waals surface area contributed by atoms with Crippen molar-refractivity contribution in [2.45, 2.75) is 18.9 Å². The van der Waals surface area contributed by atoms with E-state index in [0.29, 0.717) is 6.42 Å². The Hall–Kier alpha value is -0.370. The fourth-order valence-electron chi connectivity index (χ4n) is 0.268. The van der Waals surface area contributed by atoms with Gasteiger partial charge >= 0.3 is 0 Å². The predicted octanol–water partition coefficient (Wildman–Crippen LogP) is -0.290. The van der Waals surface area contributed by atoms with Crippen molar-refractivity contribution in [1.82, 2.24) is 0 Å². The van der Waals surface area contributed by atoms with Gasteiger partial charge in [0.05, 0.1) is 0 Å². The lowest BCUT2D eigenvalue weighted by molar-refractivity contribution is -0.115. The highest BCUT2D eigenvalue weighted by atomic mass is 16.3. The van der Waals surface area contributed by atoms with Gasteiger partial charge in [0.15, 0.2) is 5.78 Å². The van der Waals surface area contributed by atoms with Gasteiger partial charge in [-0.1, -0.05) is 0 Å². The van der Waals surface area contributed by atoms with Crippen LogP contribution in [-0.4, -0.2) is 16.5 Å². The molecule has 0 amide bonds. The van der Waals surface area contributed by atoms with Crippen LogP contribution in [0.2, 0.25) is 0 Å². The van der Waals surface area contributed by atoms with Crippen molar-refractivity contribution >= 4 is 5.78 Å². The number of carbonyl (C=O) groups is 1. The molecule has 0 radical (unpaired) electrons. The number of hydrogen-bond acceptors (Lipinski definition) is 2. The van der Waals surface area contributed by atoms with Gasteiger partial charge in [0.25, 0.3) is 0 Å². The van der Waals surface area contributed by atoms with Crippen molar-refractivity contribution in [3.8, 4) is 0 Å². The molecule has 1 N–H and O–H groups in total. The summed E-state index contributed by atoms with van der Waals surface area (Å²) in [6.07, 6.45) is 0.354. The molecular weight excluding hydrogens is 80.0 g/mol. The SMILES string of the molecule is C[C@@]1(O)CC1=O. The standard InChI is InChI=1S/C4H6O2/c1-4(6)2-3(4)5/h6H,2H2,1H3/t4-/m1/s1. The lowest BCUT2D eigenvalue weighted by Gasteiger charge is -1.84. The summed E-state index contributed by atoms with van der Waals surface area (Å²) < 4.78 is 0. The van der Waals surface area contributed by atoms with Crippen molar-refractivity contribution in [3.63, 3.8) is 0 Å². The summed E-state index contributed by atoms with van der Waals surface area (Å²) in [6, 6.07) is 0. The summed E-state index contributed by atoms with van der Waals surface area (Å²) in [4.78, 5) is 9.96. The van der Waals surface area contributed by atoms with E-state index < -0.39 is 5.60 Å². The minimum absolute atomic E-state index is 0.0394. The first-order valence-electron chi connectivity index (χ1n) is 1.88. The minimum atomic E-state index is -0.931. The Bertz CT molecular complexity index is 93.7. The summed E-state index contributed by atoms with van der Waals surface area (Å²) in [5.41, 5.74) is -0.931. The van der Waals surface area contributed by atoms with E-state index in [1.165, 1.54) is 6.92 Å². The number of rotatable bonds is 0. The highest BCUT2D eigenvalue weighted by Gasteiger charge is 2.47. The summed E-state index contributed by atoms with van der Waals surface area (Å²) >= 11 is 0. The maximum atomic E-state index is 9.96. The molecule has 0 spiro atoms. The zero-order valence-corrected chi connectivity index (χ0v) is 3.56. The van der Waals surface area contributed by atoms with Crippen molar-refractivity contribution in [3.05, 3.63) is 0 Å². The molecule has 1 atom stereocenters. The molecule has 0 heterocycles. The molecule has 34 valence electrons. The highest BCUT2D eigenvalue weighted by Crippen LogP contribution is 2.28. The zero-order chi connectivity index (χ0) is 4.78. The van der Waals surface area contributed by atoms with Crippen LogP contribution in [0.25, 0.3) is 0 Å². The number of ketones is 1. The first kappa shape index (κ1) is 3.81. The van der Waals surface area contributed by atoms with Gasteiger partial charge in [0.2, 0.25) is 0 Å². The van der Waals surface area contributed by atoms with Crippen molar-refractivity contribution < 1.29 is 9.90 Å². The molecule has 1 saturated carbocycles. The quantitative estimate of drug-likeness (QED) is 0.440. The number of carbonyl (C=O) groups excluding carboxylic acids is 1. The summed E-state index contributed by atoms with van der Waals surface area (Å²) in [6.45, 7) is 1.52. The molecule has 0 saturated heterocycles. The maximum absolute atomic E-state index is 9.96. The van der Waals surface area contributed by atoms with Gasteiger partial charge in [-0.25, -0.2) is 0 Å². The van der Waals surface area contributed by atoms with Gasteiger partial charge in [0, 0.05) is 6.42 Å². The summed E-state index contributed by atoms with van der Waals surface area (Å²) in [5, 5.41) is 8.55. The molecule has 1 aliphatic rings. The van der Waals surface area contributed by atoms with Crippen LogP contribution < -0.4 is 0 Å². The Morgan fingerprint density at radius 1 is 2.00 bits per heavy atom. The average Bonchev–Trinajstić information content (AvgIpc) is 1.73. The van der Waals surface area contributed by atoms with Gasteiger partial charge in [-0.15, -0.1) is 0 Å². The molecule has 0 bridgehead atoms. The van der Waals surface area contributed by atoms with Gasteiger partial charge in [-0.05, 0) is 6.92 Å². The van der Waals surface area contributed by atoms with Crippen LogP contribution in [0.4, 0.5) is 0 Å². The van der Waals surface area contributed by atoms with E-state index in [-0.39, 0.29) is 5.78 Å². The molecule has 1 aliphatic carbocycles. The number of hydrogen-bond donors (Lipinski definition) is 1. The van der Waals surface area contributed by atoms with E-state index in [2.05, 4.69) is 0 Å². The highest BCUT2D eigenvalue weighted by molar-refractivity contribution is 6.03. The monoisotopic (exact) mass is 86.0 g/mol. The largest absolute Gasteiger partial charge is 0.382 e. The smallest absolute Gasteiger partial charge is 0.167 e. The Morgan fingerprint density at radius 3 is 2.17 bits per heavy atom. The van der Waals surface area contributed by atoms with E-state index in [4.69, 9.17) is 5.11 Å². The van der Waals surface area contributed by atoms with Crippen molar-refractivity contribution in [2.75, 3.05) is 0 Å². The van der Waals surface area contributed by atoms with E-state index in [1.54, 1.807) is 0 Å². The molecule has 2 nitrogen and oxygen atoms in total. The normalized spacial score (nSPS) is 43.3. The Morgan fingerprint density at radius 2 is 2.17 bits per heavy atom. The third kappa shape index (κ3) is 0.337. The lowest BCUT2D eigenvalue weighted by atomic mass is 10.4. The fraction of sp³-hybridized carbons (Fsp3) is 0.750.